The minimum Gasteiger partial charge on any atom is -0.384 e. The van der Waals surface area contributed by atoms with Gasteiger partial charge < -0.3 is 10.6 Å². The molecule has 1 fully saturated rings. The minimum atomic E-state index is 0.149. The van der Waals surface area contributed by atoms with Crippen LogP contribution in [0.2, 0.25) is 0 Å². The Morgan fingerprint density at radius 1 is 1.35 bits per heavy atom. The zero-order valence-electron chi connectivity index (χ0n) is 9.96. The van der Waals surface area contributed by atoms with Crippen molar-refractivity contribution >= 4 is 11.7 Å². The number of carbonyl (C=O) groups is 1. The van der Waals surface area contributed by atoms with E-state index in [9.17, 15) is 4.79 Å². The summed E-state index contributed by atoms with van der Waals surface area (Å²) >= 11 is 0. The van der Waals surface area contributed by atoms with Gasteiger partial charge in [0.15, 0.2) is 0 Å². The van der Waals surface area contributed by atoms with Gasteiger partial charge in [0.25, 0.3) is 0 Å². The molecule has 0 saturated carbocycles. The Labute approximate surface area is 100 Å². The number of nitrogens with two attached hydrogens (primary N) is 1. The van der Waals surface area contributed by atoms with Gasteiger partial charge in [-0.1, -0.05) is 0 Å². The van der Waals surface area contributed by atoms with E-state index < -0.39 is 0 Å². The maximum absolute atomic E-state index is 11.2. The Kier molecular flexibility index (Phi) is 3.53. The smallest absolute Gasteiger partial charge is 0.219 e. The van der Waals surface area contributed by atoms with Crippen molar-refractivity contribution < 1.29 is 4.79 Å². The first-order valence-electron chi connectivity index (χ1n) is 5.69. The maximum Gasteiger partial charge on any atom is 0.219 e. The molecule has 0 aromatic carbocycles. The van der Waals surface area contributed by atoms with Crippen molar-refractivity contribution in [2.45, 2.75) is 13.5 Å². The fourth-order valence-electron chi connectivity index (χ4n) is 1.95. The lowest BCUT2D eigenvalue weighted by Gasteiger charge is -2.33. The van der Waals surface area contributed by atoms with Crippen molar-refractivity contribution in [3.05, 3.63) is 18.1 Å². The fraction of sp³-hybridized carbons (Fsp3) is 0.545. The second-order valence-electron chi connectivity index (χ2n) is 4.22. The van der Waals surface area contributed by atoms with Crippen molar-refractivity contribution in [2.24, 2.45) is 0 Å². The molecule has 0 aliphatic carbocycles. The minimum absolute atomic E-state index is 0.149. The van der Waals surface area contributed by atoms with Crippen molar-refractivity contribution in [3.63, 3.8) is 0 Å². The third-order valence-electron chi connectivity index (χ3n) is 2.95. The average molecular weight is 235 g/mol. The van der Waals surface area contributed by atoms with Crippen LogP contribution < -0.4 is 5.73 Å². The average Bonchev–Trinajstić information content (AvgIpc) is 2.29. The predicted octanol–water partition coefficient (Wildman–Crippen LogP) is -0.277. The first-order valence-corrected chi connectivity index (χ1v) is 5.69. The quantitative estimate of drug-likeness (QED) is 0.763. The van der Waals surface area contributed by atoms with Crippen LogP contribution in [0.4, 0.5) is 5.82 Å². The van der Waals surface area contributed by atoms with Crippen LogP contribution >= 0.6 is 0 Å². The number of piperazine rings is 1. The molecule has 1 amide bonds. The normalized spacial score (nSPS) is 17.1. The van der Waals surface area contributed by atoms with Gasteiger partial charge in [-0.25, -0.2) is 9.97 Å². The Bertz CT molecular complexity index is 401. The van der Waals surface area contributed by atoms with E-state index in [1.807, 2.05) is 4.90 Å². The van der Waals surface area contributed by atoms with Crippen LogP contribution in [0.1, 0.15) is 12.6 Å². The predicted molar refractivity (Wildman–Crippen MR) is 64.0 cm³/mol. The van der Waals surface area contributed by atoms with Crippen LogP contribution in [-0.4, -0.2) is 51.9 Å². The molecule has 0 atom stereocenters. The third kappa shape index (κ3) is 3.13. The number of hydrogen-bond acceptors (Lipinski definition) is 5. The van der Waals surface area contributed by atoms with E-state index in [-0.39, 0.29) is 5.91 Å². The molecule has 1 aromatic rings. The lowest BCUT2D eigenvalue weighted by Crippen LogP contribution is -2.47. The van der Waals surface area contributed by atoms with Gasteiger partial charge in [0.2, 0.25) is 5.91 Å². The highest BCUT2D eigenvalue weighted by Gasteiger charge is 2.18. The molecule has 1 aromatic heterocycles. The van der Waals surface area contributed by atoms with E-state index in [1.54, 1.807) is 13.0 Å². The summed E-state index contributed by atoms with van der Waals surface area (Å²) in [6, 6.07) is 1.79. The second-order valence-corrected chi connectivity index (χ2v) is 4.22. The molecule has 0 spiro atoms. The fourth-order valence-corrected chi connectivity index (χ4v) is 1.95. The highest BCUT2D eigenvalue weighted by atomic mass is 16.2. The monoisotopic (exact) mass is 235 g/mol. The summed E-state index contributed by atoms with van der Waals surface area (Å²) < 4.78 is 0. The molecule has 2 heterocycles. The number of hydrogen-bond donors (Lipinski definition) is 1. The van der Waals surface area contributed by atoms with Gasteiger partial charge in [0.05, 0.1) is 5.69 Å². The third-order valence-corrected chi connectivity index (χ3v) is 2.95. The van der Waals surface area contributed by atoms with E-state index in [0.29, 0.717) is 5.82 Å². The van der Waals surface area contributed by atoms with Crippen molar-refractivity contribution in [1.29, 1.82) is 0 Å². The van der Waals surface area contributed by atoms with Gasteiger partial charge >= 0.3 is 0 Å². The molecule has 0 radical (unpaired) electrons. The number of nitrogens with zero attached hydrogens (tertiary/aromatic N) is 4. The Morgan fingerprint density at radius 2 is 2.06 bits per heavy atom. The number of carbonyl (C=O) groups excluding carboxylic acids is 1. The Morgan fingerprint density at radius 3 is 2.65 bits per heavy atom. The van der Waals surface area contributed by atoms with E-state index in [2.05, 4.69) is 14.9 Å². The number of amides is 1. The molecule has 2 N–H and O–H groups in total. The molecule has 1 aliphatic heterocycles. The van der Waals surface area contributed by atoms with E-state index >= 15 is 0 Å². The molecule has 92 valence electrons. The molecule has 1 aliphatic rings. The molecule has 1 saturated heterocycles. The summed E-state index contributed by atoms with van der Waals surface area (Å²) in [5, 5.41) is 0. The second kappa shape index (κ2) is 5.09. The van der Waals surface area contributed by atoms with Crippen molar-refractivity contribution in [2.75, 3.05) is 31.9 Å². The topological polar surface area (TPSA) is 75.4 Å². The van der Waals surface area contributed by atoms with E-state index in [0.717, 1.165) is 38.4 Å². The number of nitrogen functional groups attached to an aromatic ring is 1. The lowest BCUT2D eigenvalue weighted by molar-refractivity contribution is -0.130. The van der Waals surface area contributed by atoms with Crippen molar-refractivity contribution in [1.82, 2.24) is 19.8 Å². The SMILES string of the molecule is CC(=O)N1CCN(Cc2cc(N)ncn2)CC1. The summed E-state index contributed by atoms with van der Waals surface area (Å²) in [6.07, 6.45) is 1.48. The van der Waals surface area contributed by atoms with Crippen LogP contribution in [0.25, 0.3) is 0 Å². The van der Waals surface area contributed by atoms with Crippen LogP contribution in [0, 0.1) is 0 Å². The lowest BCUT2D eigenvalue weighted by atomic mass is 10.3. The van der Waals surface area contributed by atoms with E-state index in [1.165, 1.54) is 6.33 Å². The Balaban J connectivity index is 1.88. The summed E-state index contributed by atoms with van der Waals surface area (Å²) in [7, 11) is 0. The van der Waals surface area contributed by atoms with E-state index in [4.69, 9.17) is 5.73 Å². The number of rotatable bonds is 2. The molecular formula is C11H17N5O. The van der Waals surface area contributed by atoms with Gasteiger partial charge in [-0.3, -0.25) is 9.69 Å². The number of aromatic nitrogens is 2. The van der Waals surface area contributed by atoms with Crippen molar-refractivity contribution in [3.8, 4) is 0 Å². The van der Waals surface area contributed by atoms with Gasteiger partial charge in [0.1, 0.15) is 12.1 Å². The zero-order valence-corrected chi connectivity index (χ0v) is 9.96. The summed E-state index contributed by atoms with van der Waals surface area (Å²) in [5.41, 5.74) is 6.53. The standard InChI is InChI=1S/C11H17N5O/c1-9(17)16-4-2-15(3-5-16)7-10-6-11(12)14-8-13-10/h6,8H,2-5,7H2,1H3,(H2,12,13,14). The summed E-state index contributed by atoms with van der Waals surface area (Å²) in [5.74, 6) is 0.647. The van der Waals surface area contributed by atoms with Gasteiger partial charge in [-0.2, -0.15) is 0 Å². The molecule has 17 heavy (non-hydrogen) atoms. The molecular weight excluding hydrogens is 218 g/mol. The maximum atomic E-state index is 11.2. The molecule has 0 unspecified atom stereocenters. The van der Waals surface area contributed by atoms with Gasteiger partial charge in [-0.05, 0) is 0 Å². The highest BCUT2D eigenvalue weighted by molar-refractivity contribution is 5.73. The van der Waals surface area contributed by atoms with Crippen LogP contribution in [0.3, 0.4) is 0 Å². The number of anilines is 1. The highest BCUT2D eigenvalue weighted by Crippen LogP contribution is 2.07. The largest absolute Gasteiger partial charge is 0.384 e. The summed E-state index contributed by atoms with van der Waals surface area (Å²) in [4.78, 5) is 23.3. The molecule has 6 heteroatoms. The molecule has 0 bridgehead atoms. The molecule has 6 nitrogen and oxygen atoms in total. The van der Waals surface area contributed by atoms with Gasteiger partial charge in [0, 0.05) is 45.7 Å². The first kappa shape index (κ1) is 11.8. The summed E-state index contributed by atoms with van der Waals surface area (Å²) in [6.45, 7) is 5.71. The molecule has 2 rings (SSSR count). The van der Waals surface area contributed by atoms with Crippen LogP contribution in [0.5, 0.6) is 0 Å². The van der Waals surface area contributed by atoms with Crippen LogP contribution in [-0.2, 0) is 11.3 Å². The van der Waals surface area contributed by atoms with Gasteiger partial charge in [-0.15, -0.1) is 0 Å². The Hall–Kier alpha value is -1.69. The zero-order chi connectivity index (χ0) is 12.3. The first-order chi connectivity index (χ1) is 8.15. The van der Waals surface area contributed by atoms with Crippen LogP contribution in [0.15, 0.2) is 12.4 Å².